The Kier molecular flexibility index (Phi) is 4.02. The number of thiophene rings is 1. The first-order valence-corrected chi connectivity index (χ1v) is 9.86. The third-order valence-electron chi connectivity index (χ3n) is 4.87. The van der Waals surface area contributed by atoms with Crippen molar-refractivity contribution in [1.29, 1.82) is 0 Å². The number of nitrogens with one attached hydrogen (secondary N) is 1. The Bertz CT molecular complexity index is 1340. The normalized spacial score (nSPS) is 13.2. The second-order valence-electron chi connectivity index (χ2n) is 6.75. The van der Waals surface area contributed by atoms with Crippen LogP contribution in [0.5, 0.6) is 11.5 Å². The summed E-state index contributed by atoms with van der Waals surface area (Å²) < 4.78 is 13.5. The number of aryl methyl sites for hydroxylation is 2. The molecule has 0 saturated carbocycles. The molecule has 0 bridgehead atoms. The van der Waals surface area contributed by atoms with E-state index in [1.807, 2.05) is 13.8 Å². The number of carbonyl (C=O) groups is 1. The molecule has 0 spiro atoms. The van der Waals surface area contributed by atoms with Crippen molar-refractivity contribution in [1.82, 2.24) is 19.2 Å². The fourth-order valence-electron chi connectivity index (χ4n) is 3.33. The number of benzene rings is 1. The molecule has 4 aromatic rings. The maximum Gasteiger partial charge on any atom is 0.352 e. The van der Waals surface area contributed by atoms with Crippen molar-refractivity contribution in [3.05, 3.63) is 45.5 Å². The number of carbonyl (C=O) groups excluding carboxylic acids is 1. The van der Waals surface area contributed by atoms with Gasteiger partial charge in [-0.05, 0) is 31.5 Å². The summed E-state index contributed by atoms with van der Waals surface area (Å²) >= 11 is 1.56. The van der Waals surface area contributed by atoms with Gasteiger partial charge in [-0.1, -0.05) is 0 Å². The molecule has 3 aromatic heterocycles. The lowest BCUT2D eigenvalue weighted by molar-refractivity contribution is -0.117. The SMILES string of the molecule is Cc1sc2ncn3c(=O)n(CC(=O)Nc4ccc5c(c4)OCCO5)nc3c2c1C. The number of hydrogen-bond acceptors (Lipinski definition) is 7. The van der Waals surface area contributed by atoms with E-state index >= 15 is 0 Å². The third kappa shape index (κ3) is 2.92. The molecule has 0 unspecified atom stereocenters. The highest BCUT2D eigenvalue weighted by Gasteiger charge is 2.18. The number of aromatic nitrogens is 4. The maximum atomic E-state index is 12.7. The lowest BCUT2D eigenvalue weighted by atomic mass is 10.2. The number of ether oxygens (including phenoxy) is 2. The monoisotopic (exact) mass is 411 g/mol. The first-order chi connectivity index (χ1) is 14.0. The van der Waals surface area contributed by atoms with E-state index in [1.54, 1.807) is 29.5 Å². The van der Waals surface area contributed by atoms with Crippen LogP contribution in [0.2, 0.25) is 0 Å². The van der Waals surface area contributed by atoms with Crippen molar-refractivity contribution in [2.24, 2.45) is 0 Å². The van der Waals surface area contributed by atoms with Crippen molar-refractivity contribution < 1.29 is 14.3 Å². The van der Waals surface area contributed by atoms with E-state index in [0.717, 1.165) is 25.3 Å². The van der Waals surface area contributed by atoms with Gasteiger partial charge in [0.2, 0.25) is 5.91 Å². The average molecular weight is 411 g/mol. The van der Waals surface area contributed by atoms with Crippen molar-refractivity contribution in [2.45, 2.75) is 20.4 Å². The number of amides is 1. The first-order valence-electron chi connectivity index (χ1n) is 9.04. The van der Waals surface area contributed by atoms with E-state index in [0.29, 0.717) is 36.0 Å². The van der Waals surface area contributed by atoms with Crippen LogP contribution in [-0.2, 0) is 11.3 Å². The lowest BCUT2D eigenvalue weighted by Gasteiger charge is -2.18. The van der Waals surface area contributed by atoms with Gasteiger partial charge < -0.3 is 14.8 Å². The molecule has 10 heteroatoms. The Morgan fingerprint density at radius 1 is 1.24 bits per heavy atom. The van der Waals surface area contributed by atoms with Gasteiger partial charge in [0.05, 0.1) is 5.39 Å². The van der Waals surface area contributed by atoms with Gasteiger partial charge in [-0.2, -0.15) is 0 Å². The molecule has 1 aromatic carbocycles. The van der Waals surface area contributed by atoms with Gasteiger partial charge in [0.15, 0.2) is 17.1 Å². The van der Waals surface area contributed by atoms with Crippen LogP contribution in [0.3, 0.4) is 0 Å². The van der Waals surface area contributed by atoms with Crippen LogP contribution in [0.25, 0.3) is 15.9 Å². The van der Waals surface area contributed by atoms with Crippen molar-refractivity contribution >= 4 is 38.8 Å². The van der Waals surface area contributed by atoms with Crippen LogP contribution in [0.15, 0.2) is 29.3 Å². The van der Waals surface area contributed by atoms with Crippen LogP contribution >= 0.6 is 11.3 Å². The zero-order valence-electron chi connectivity index (χ0n) is 15.8. The average Bonchev–Trinajstić information content (AvgIpc) is 3.18. The number of rotatable bonds is 3. The highest BCUT2D eigenvalue weighted by Crippen LogP contribution is 2.32. The number of nitrogens with zero attached hydrogens (tertiary/aromatic N) is 4. The Morgan fingerprint density at radius 3 is 2.86 bits per heavy atom. The van der Waals surface area contributed by atoms with Gasteiger partial charge in [0, 0.05) is 16.6 Å². The van der Waals surface area contributed by atoms with Gasteiger partial charge in [0.1, 0.15) is 30.9 Å². The molecule has 0 atom stereocenters. The molecule has 0 aliphatic carbocycles. The van der Waals surface area contributed by atoms with Crippen LogP contribution < -0.4 is 20.5 Å². The van der Waals surface area contributed by atoms with Crippen molar-refractivity contribution in [3.8, 4) is 11.5 Å². The fourth-order valence-corrected chi connectivity index (χ4v) is 4.32. The molecule has 0 saturated heterocycles. The van der Waals surface area contributed by atoms with Crippen LogP contribution in [0, 0.1) is 13.8 Å². The van der Waals surface area contributed by atoms with Gasteiger partial charge in [-0.3, -0.25) is 4.79 Å². The summed E-state index contributed by atoms with van der Waals surface area (Å²) in [6.45, 7) is 4.74. The Labute approximate surface area is 168 Å². The topological polar surface area (TPSA) is 99.8 Å². The first kappa shape index (κ1) is 17.7. The van der Waals surface area contributed by atoms with Gasteiger partial charge in [-0.15, -0.1) is 16.4 Å². The summed E-state index contributed by atoms with van der Waals surface area (Å²) in [7, 11) is 0. The Balaban J connectivity index is 1.44. The molecule has 5 rings (SSSR count). The Hall–Kier alpha value is -3.40. The van der Waals surface area contributed by atoms with Crippen LogP contribution in [0.4, 0.5) is 5.69 Å². The fraction of sp³-hybridized carbons (Fsp3) is 0.263. The summed E-state index contributed by atoms with van der Waals surface area (Å²) in [5.74, 6) is 0.856. The summed E-state index contributed by atoms with van der Waals surface area (Å²) in [6.07, 6.45) is 1.46. The quantitative estimate of drug-likeness (QED) is 0.554. The molecular weight excluding hydrogens is 394 g/mol. The number of anilines is 1. The molecule has 1 aliphatic rings. The molecule has 1 aliphatic heterocycles. The second kappa shape index (κ2) is 6.59. The molecule has 1 amide bonds. The highest BCUT2D eigenvalue weighted by atomic mass is 32.1. The largest absolute Gasteiger partial charge is 0.486 e. The minimum Gasteiger partial charge on any atom is -0.486 e. The van der Waals surface area contributed by atoms with E-state index in [1.165, 1.54) is 10.7 Å². The smallest absolute Gasteiger partial charge is 0.352 e. The predicted molar refractivity (Wildman–Crippen MR) is 108 cm³/mol. The molecule has 1 N–H and O–H groups in total. The summed E-state index contributed by atoms with van der Waals surface area (Å²) in [6, 6.07) is 5.16. The minimum atomic E-state index is -0.407. The van der Waals surface area contributed by atoms with Gasteiger partial charge in [0.25, 0.3) is 0 Å². The van der Waals surface area contributed by atoms with E-state index in [-0.39, 0.29) is 12.5 Å². The molecule has 148 valence electrons. The van der Waals surface area contributed by atoms with Crippen molar-refractivity contribution in [2.75, 3.05) is 18.5 Å². The van der Waals surface area contributed by atoms with Crippen LogP contribution in [-0.4, -0.2) is 38.3 Å². The van der Waals surface area contributed by atoms with E-state index < -0.39 is 5.69 Å². The van der Waals surface area contributed by atoms with E-state index in [4.69, 9.17) is 9.47 Å². The van der Waals surface area contributed by atoms with Crippen molar-refractivity contribution in [3.63, 3.8) is 0 Å². The standard InChI is InChI=1S/C19H17N5O4S/c1-10-11(2)29-18-16(10)17-22-24(19(26)23(17)9-20-18)8-15(25)21-12-3-4-13-14(7-12)28-6-5-27-13/h3-4,7,9H,5-6,8H2,1-2H3,(H,21,25). The zero-order chi connectivity index (χ0) is 20.1. The zero-order valence-corrected chi connectivity index (χ0v) is 16.6. The molecule has 4 heterocycles. The molecule has 0 fully saturated rings. The number of fused-ring (bicyclic) bond motifs is 4. The van der Waals surface area contributed by atoms with E-state index in [2.05, 4.69) is 15.4 Å². The summed E-state index contributed by atoms with van der Waals surface area (Å²) in [4.78, 5) is 31.5. The molecular formula is C19H17N5O4S. The lowest BCUT2D eigenvalue weighted by Crippen LogP contribution is -2.28. The third-order valence-corrected chi connectivity index (χ3v) is 5.99. The molecule has 9 nitrogen and oxygen atoms in total. The summed E-state index contributed by atoms with van der Waals surface area (Å²) in [5.41, 5.74) is 1.70. The molecule has 0 radical (unpaired) electrons. The maximum absolute atomic E-state index is 12.7. The minimum absolute atomic E-state index is 0.210. The highest BCUT2D eigenvalue weighted by molar-refractivity contribution is 7.18. The van der Waals surface area contributed by atoms with Gasteiger partial charge in [-0.25, -0.2) is 18.9 Å². The molecule has 29 heavy (non-hydrogen) atoms. The van der Waals surface area contributed by atoms with E-state index in [9.17, 15) is 9.59 Å². The number of hydrogen-bond donors (Lipinski definition) is 1. The van der Waals surface area contributed by atoms with Crippen LogP contribution in [0.1, 0.15) is 10.4 Å². The predicted octanol–water partition coefficient (Wildman–Crippen LogP) is 2.13. The van der Waals surface area contributed by atoms with Gasteiger partial charge >= 0.3 is 5.69 Å². The second-order valence-corrected chi connectivity index (χ2v) is 7.95. The summed E-state index contributed by atoms with van der Waals surface area (Å²) in [5, 5.41) is 8.01. The Morgan fingerprint density at radius 2 is 2.03 bits per heavy atom.